The van der Waals surface area contributed by atoms with Crippen LogP contribution in [0.4, 0.5) is 30.9 Å². The molecule has 4 heterocycles. The fourth-order valence-electron chi connectivity index (χ4n) is 5.48. The van der Waals surface area contributed by atoms with Crippen LogP contribution in [0.3, 0.4) is 0 Å². The Labute approximate surface area is 298 Å². The van der Waals surface area contributed by atoms with Crippen LogP contribution in [0, 0.1) is 12.7 Å². The van der Waals surface area contributed by atoms with Gasteiger partial charge in [-0.2, -0.15) is 5.10 Å². The van der Waals surface area contributed by atoms with E-state index in [0.29, 0.717) is 65.4 Å². The maximum atomic E-state index is 15.4. The van der Waals surface area contributed by atoms with Gasteiger partial charge in [-0.1, -0.05) is 24.8 Å². The van der Waals surface area contributed by atoms with Gasteiger partial charge in [-0.05, 0) is 76.4 Å². The molecule has 1 aliphatic heterocycles. The number of rotatable bonds is 9. The summed E-state index contributed by atoms with van der Waals surface area (Å²) in [4.78, 5) is 43.5. The summed E-state index contributed by atoms with van der Waals surface area (Å²) >= 11 is 0. The van der Waals surface area contributed by atoms with E-state index in [1.54, 1.807) is 60.6 Å². The van der Waals surface area contributed by atoms with Crippen molar-refractivity contribution in [1.29, 1.82) is 0 Å². The van der Waals surface area contributed by atoms with Gasteiger partial charge >= 0.3 is 12.1 Å². The summed E-state index contributed by atoms with van der Waals surface area (Å²) in [6, 6.07) is 12.8. The van der Waals surface area contributed by atoms with Crippen LogP contribution in [0.25, 0.3) is 22.4 Å². The second kappa shape index (κ2) is 14.9. The molecule has 1 fully saturated rings. The number of carbonyl (C=O) groups is 2. The lowest BCUT2D eigenvalue weighted by Crippen LogP contribution is -2.42. The number of benzene rings is 2. The first kappa shape index (κ1) is 35.6. The smallest absolute Gasteiger partial charge is 0.410 e. The molecule has 0 bridgehead atoms. The zero-order valence-electron chi connectivity index (χ0n) is 29.1. The minimum atomic E-state index is -1.11. The van der Waals surface area contributed by atoms with Crippen molar-refractivity contribution in [3.8, 4) is 34.1 Å². The van der Waals surface area contributed by atoms with Gasteiger partial charge in [0.05, 0.1) is 23.6 Å². The van der Waals surface area contributed by atoms with E-state index in [4.69, 9.17) is 14.5 Å². The van der Waals surface area contributed by atoms with Crippen molar-refractivity contribution in [3.63, 3.8) is 0 Å². The Kier molecular flexibility index (Phi) is 10.2. The summed E-state index contributed by atoms with van der Waals surface area (Å²) in [7, 11) is 0. The van der Waals surface area contributed by atoms with Gasteiger partial charge < -0.3 is 25.0 Å². The van der Waals surface area contributed by atoms with E-state index in [9.17, 15) is 14.0 Å². The highest BCUT2D eigenvalue weighted by molar-refractivity contribution is 6.01. The number of hydrogen-bond donors (Lipinski definition) is 2. The molecule has 0 unspecified atom stereocenters. The highest BCUT2D eigenvalue weighted by Gasteiger charge is 2.28. The molecule has 268 valence electrons. The first-order valence-corrected chi connectivity index (χ1v) is 16.5. The maximum absolute atomic E-state index is 15.4. The number of hydrogen-bond acceptors (Lipinski definition) is 10. The molecule has 0 radical (unpaired) electrons. The topological polar surface area (TPSA) is 149 Å². The molecule has 5 aromatic rings. The van der Waals surface area contributed by atoms with Gasteiger partial charge in [0.2, 0.25) is 5.95 Å². The normalized spacial score (nSPS) is 13.4. The van der Waals surface area contributed by atoms with Crippen LogP contribution in [0.2, 0.25) is 0 Å². The Hall–Kier alpha value is -6.25. The van der Waals surface area contributed by atoms with Crippen LogP contribution in [0.1, 0.15) is 45.3 Å². The SMILES string of the molecule is C=C(F)C(=O)Nc1ccc(-c2nc(Nc3cnn(C4CCN(C(=O)OC(C)(C)C)CC4)c3)ncc2-c2ccc(Oc3nccc(C)n3)c(F)c2)cc1. The Bertz CT molecular complexity index is 2110. The lowest BCUT2D eigenvalue weighted by atomic mass is 10.0. The van der Waals surface area contributed by atoms with Crippen LogP contribution in [-0.4, -0.2) is 65.3 Å². The van der Waals surface area contributed by atoms with E-state index in [2.05, 4.69) is 37.3 Å². The molecule has 0 saturated carbocycles. The molecule has 6 rings (SSSR count). The molecule has 13 nitrogen and oxygen atoms in total. The molecule has 1 saturated heterocycles. The number of nitrogens with zero attached hydrogens (tertiary/aromatic N) is 7. The zero-order chi connectivity index (χ0) is 37.0. The number of piperidine rings is 1. The number of carbonyl (C=O) groups excluding carboxylic acids is 2. The van der Waals surface area contributed by atoms with Gasteiger partial charge in [0, 0.05) is 54.2 Å². The van der Waals surface area contributed by atoms with Crippen LogP contribution < -0.4 is 15.4 Å². The Morgan fingerprint density at radius 2 is 1.69 bits per heavy atom. The number of halogens is 2. The Balaban J connectivity index is 1.24. The molecule has 3 aromatic heterocycles. The fraction of sp³-hybridized carbons (Fsp3) is 0.270. The summed E-state index contributed by atoms with van der Waals surface area (Å²) in [5.41, 5.74) is 3.13. The number of anilines is 3. The fourth-order valence-corrected chi connectivity index (χ4v) is 5.48. The van der Waals surface area contributed by atoms with Crippen LogP contribution >= 0.6 is 0 Å². The van der Waals surface area contributed by atoms with Crippen molar-refractivity contribution in [2.24, 2.45) is 0 Å². The summed E-state index contributed by atoms with van der Waals surface area (Å²) in [5.74, 6) is -2.52. The maximum Gasteiger partial charge on any atom is 0.410 e. The average Bonchev–Trinajstić information content (AvgIpc) is 3.57. The largest absolute Gasteiger partial charge is 0.444 e. The number of ether oxygens (including phenoxy) is 2. The van der Waals surface area contributed by atoms with Crippen LogP contribution in [-0.2, 0) is 9.53 Å². The number of nitrogens with one attached hydrogen (secondary N) is 2. The summed E-state index contributed by atoms with van der Waals surface area (Å²) in [6.07, 6.45) is 7.72. The lowest BCUT2D eigenvalue weighted by molar-refractivity contribution is -0.114. The molecular formula is C37H37F2N9O4. The third-order valence-electron chi connectivity index (χ3n) is 8.02. The van der Waals surface area contributed by atoms with E-state index in [-0.39, 0.29) is 29.8 Å². The zero-order valence-corrected chi connectivity index (χ0v) is 29.1. The van der Waals surface area contributed by atoms with Gasteiger partial charge in [-0.25, -0.2) is 33.5 Å². The van der Waals surface area contributed by atoms with Gasteiger partial charge in [0.25, 0.3) is 5.91 Å². The molecule has 2 aromatic carbocycles. The van der Waals surface area contributed by atoms with Crippen molar-refractivity contribution >= 4 is 29.3 Å². The number of aromatic nitrogens is 6. The van der Waals surface area contributed by atoms with Crippen molar-refractivity contribution in [1.82, 2.24) is 34.6 Å². The highest BCUT2D eigenvalue weighted by Crippen LogP contribution is 2.35. The third-order valence-corrected chi connectivity index (χ3v) is 8.02. The third kappa shape index (κ3) is 8.72. The van der Waals surface area contributed by atoms with Crippen LogP contribution in [0.5, 0.6) is 11.8 Å². The molecule has 2 amide bonds. The lowest BCUT2D eigenvalue weighted by Gasteiger charge is -2.33. The van der Waals surface area contributed by atoms with Crippen LogP contribution in [0.15, 0.2) is 85.7 Å². The second-order valence-corrected chi connectivity index (χ2v) is 13.2. The Morgan fingerprint density at radius 1 is 0.962 bits per heavy atom. The molecule has 0 aliphatic carbocycles. The quantitative estimate of drug-likeness (QED) is 0.145. The van der Waals surface area contributed by atoms with Crippen molar-refractivity contribution in [3.05, 3.63) is 97.2 Å². The molecule has 52 heavy (non-hydrogen) atoms. The molecule has 1 aliphatic rings. The minimum Gasteiger partial charge on any atom is -0.444 e. The monoisotopic (exact) mass is 709 g/mol. The Morgan fingerprint density at radius 3 is 2.37 bits per heavy atom. The van der Waals surface area contributed by atoms with E-state index < -0.39 is 23.2 Å². The van der Waals surface area contributed by atoms with E-state index in [1.165, 1.54) is 18.3 Å². The first-order chi connectivity index (χ1) is 24.8. The number of likely N-dealkylation sites (tertiary alicyclic amines) is 1. The van der Waals surface area contributed by atoms with Gasteiger partial charge in [-0.3, -0.25) is 9.48 Å². The molecular weight excluding hydrogens is 672 g/mol. The number of amides is 2. The number of aryl methyl sites for hydroxylation is 1. The van der Waals surface area contributed by atoms with Crippen molar-refractivity contribution in [2.75, 3.05) is 23.7 Å². The highest BCUT2D eigenvalue weighted by atomic mass is 19.1. The predicted molar refractivity (Wildman–Crippen MR) is 190 cm³/mol. The summed E-state index contributed by atoms with van der Waals surface area (Å²) in [6.45, 7) is 11.4. The van der Waals surface area contributed by atoms with Gasteiger partial charge in [0.1, 0.15) is 5.60 Å². The molecule has 0 atom stereocenters. The standard InChI is InChI=1S/C37H37F2N9O4/c1-22-12-15-40-35(43-22)51-31-11-8-25(18-30(31)39)29-20-41-34(46-32(29)24-6-9-26(10-7-24)44-33(49)23(2)38)45-27-19-42-48(21-27)28-13-16-47(17-14-28)36(50)52-37(3,4)5/h6-12,15,18-21,28H,2,13-14,16-17H2,1,3-5H3,(H,44,49)(H,41,45,46). The second-order valence-electron chi connectivity index (χ2n) is 13.2. The van der Waals surface area contributed by atoms with E-state index >= 15 is 4.39 Å². The van der Waals surface area contributed by atoms with Crippen molar-refractivity contribution in [2.45, 2.75) is 52.2 Å². The van der Waals surface area contributed by atoms with E-state index in [1.807, 2.05) is 31.6 Å². The van der Waals surface area contributed by atoms with Gasteiger partial charge in [-0.15, -0.1) is 0 Å². The molecule has 0 spiro atoms. The first-order valence-electron chi connectivity index (χ1n) is 16.5. The molecule has 15 heteroatoms. The van der Waals surface area contributed by atoms with Gasteiger partial charge in [0.15, 0.2) is 17.4 Å². The van der Waals surface area contributed by atoms with E-state index in [0.717, 1.165) is 0 Å². The predicted octanol–water partition coefficient (Wildman–Crippen LogP) is 7.77. The van der Waals surface area contributed by atoms with Crippen molar-refractivity contribution < 1.29 is 27.8 Å². The summed E-state index contributed by atoms with van der Waals surface area (Å²) < 4.78 is 41.6. The summed E-state index contributed by atoms with van der Waals surface area (Å²) in [5, 5.41) is 10.2. The average molecular weight is 710 g/mol. The minimum absolute atomic E-state index is 0.0178. The molecule has 2 N–H and O–H groups in total.